The summed E-state index contributed by atoms with van der Waals surface area (Å²) in [6.45, 7) is 9.51. The molecule has 3 aliphatic rings. The lowest BCUT2D eigenvalue weighted by molar-refractivity contribution is 0.660. The van der Waals surface area contributed by atoms with Gasteiger partial charge in [0.05, 0.1) is 5.69 Å². The molecule has 2 nitrogen and oxygen atoms in total. The molecule has 18 aromatic rings. The lowest BCUT2D eigenvalue weighted by Gasteiger charge is -2.30. The molecule has 540 valence electrons. The zero-order valence-corrected chi connectivity index (χ0v) is 64.4. The Bertz CT molecular complexity index is 6900. The van der Waals surface area contributed by atoms with Crippen molar-refractivity contribution < 1.29 is 0 Å². The molecule has 0 fully saturated rings. The van der Waals surface area contributed by atoms with E-state index < -0.39 is 0 Å². The van der Waals surface area contributed by atoms with Crippen molar-refractivity contribution in [3.8, 4) is 100 Å². The van der Waals surface area contributed by atoms with Crippen molar-refractivity contribution in [2.24, 2.45) is 0 Å². The van der Waals surface area contributed by atoms with Gasteiger partial charge in [-0.3, -0.25) is 0 Å². The highest BCUT2D eigenvalue weighted by Crippen LogP contribution is 2.55. The second-order valence-corrected chi connectivity index (χ2v) is 32.2. The predicted molar refractivity (Wildman–Crippen MR) is 485 cm³/mol. The summed E-state index contributed by atoms with van der Waals surface area (Å²) in [4.78, 5) is 4.95. The summed E-state index contributed by atoms with van der Waals surface area (Å²) in [6.07, 6.45) is 8.89. The van der Waals surface area contributed by atoms with Crippen LogP contribution in [0.4, 0.5) is 34.1 Å². The molecule has 0 aromatic heterocycles. The first-order valence-corrected chi connectivity index (χ1v) is 40.1. The van der Waals surface area contributed by atoms with E-state index in [1.807, 2.05) is 0 Å². The van der Waals surface area contributed by atoms with Crippen LogP contribution in [0.15, 0.2) is 400 Å². The molecule has 2 heteroatoms. The van der Waals surface area contributed by atoms with Gasteiger partial charge >= 0.3 is 0 Å². The molecule has 0 saturated heterocycles. The molecule has 0 heterocycles. The maximum Gasteiger partial charge on any atom is 0.0546 e. The molecule has 114 heavy (non-hydrogen) atoms. The molecule has 0 aliphatic heterocycles. The van der Waals surface area contributed by atoms with Crippen LogP contribution in [0.2, 0.25) is 0 Å². The minimum absolute atomic E-state index is 0.163. The second kappa shape index (κ2) is 27.5. The third-order valence-electron chi connectivity index (χ3n) is 25.0. The normalized spacial score (nSPS) is 13.5. The van der Waals surface area contributed by atoms with Gasteiger partial charge in [-0.05, 0) is 263 Å². The van der Waals surface area contributed by atoms with Crippen LogP contribution >= 0.6 is 0 Å². The van der Waals surface area contributed by atoms with Crippen LogP contribution in [0.3, 0.4) is 0 Å². The Morgan fingerprint density at radius 3 is 1.15 bits per heavy atom. The molecular weight excluding hydrogens is 1370 g/mol. The Morgan fingerprint density at radius 2 is 0.605 bits per heavy atom. The fourth-order valence-corrected chi connectivity index (χ4v) is 19.0. The quantitative estimate of drug-likeness (QED) is 0.100. The molecule has 0 amide bonds. The molecule has 18 aromatic carbocycles. The van der Waals surface area contributed by atoms with Crippen LogP contribution < -0.4 is 9.80 Å². The van der Waals surface area contributed by atoms with Gasteiger partial charge in [0.15, 0.2) is 0 Å². The van der Waals surface area contributed by atoms with Crippen molar-refractivity contribution in [2.45, 2.75) is 51.4 Å². The molecule has 21 rings (SSSR count). The monoisotopic (exact) mass is 1450 g/mol. The van der Waals surface area contributed by atoms with Gasteiger partial charge in [-0.2, -0.15) is 0 Å². The average Bonchev–Trinajstić information content (AvgIpc) is 1.54. The van der Waals surface area contributed by atoms with Gasteiger partial charge in [0.1, 0.15) is 0 Å². The van der Waals surface area contributed by atoms with E-state index in [4.69, 9.17) is 0 Å². The van der Waals surface area contributed by atoms with Gasteiger partial charge < -0.3 is 9.80 Å². The number of benzene rings is 18. The summed E-state index contributed by atoms with van der Waals surface area (Å²) in [6, 6.07) is 143. The van der Waals surface area contributed by atoms with E-state index in [1.165, 1.54) is 154 Å². The number of fused-ring (bicyclic) bond motifs is 11. The first kappa shape index (κ1) is 68.1. The lowest BCUT2D eigenvalue weighted by atomic mass is 9.82. The Hall–Kier alpha value is -13.9. The van der Waals surface area contributed by atoms with Gasteiger partial charge in [-0.1, -0.05) is 349 Å². The second-order valence-electron chi connectivity index (χ2n) is 32.2. The molecule has 3 aliphatic carbocycles. The van der Waals surface area contributed by atoms with E-state index in [2.05, 4.69) is 438 Å². The summed E-state index contributed by atoms with van der Waals surface area (Å²) in [7, 11) is 0. The van der Waals surface area contributed by atoms with E-state index >= 15 is 0 Å². The Labute approximate surface area is 667 Å². The number of allylic oxidation sites excluding steroid dienone is 4. The van der Waals surface area contributed by atoms with Crippen molar-refractivity contribution in [3.63, 3.8) is 0 Å². The predicted octanol–water partition coefficient (Wildman–Crippen LogP) is 31.3. The first-order valence-electron chi connectivity index (χ1n) is 40.1. The molecule has 0 unspecified atom stereocenters. The first-order chi connectivity index (χ1) is 56.0. The standard InChI is InChI=1S/C112H82N2/c1-111(2)104-34-20-18-31-97(104)99-66-62-91(71-106(99)111)113(88-56-48-78(49-57-88)74-24-10-6-11-25-74)89-58-50-81(51-59-89)95-65-55-82-42-45-86(69-103(82)110(95)84-43-40-77(41-44-84)76-38-36-75(37-39-76)73-22-8-5-9-23-73)85-46-47-87-70-108(101-33-17-16-30-96(101)102(87)68-85)114(92-63-67-100-98-32-19-21-35-105(98)112(3,4)107(100)72-92)90-60-52-80(53-61-90)94-64-54-79-26-14-15-29-93(79)109(94)83-27-12-7-13-28-83/h5-12,14-27,29-72H,13,28H2,1-4H3. The van der Waals surface area contributed by atoms with E-state index in [-0.39, 0.29) is 10.8 Å². The minimum Gasteiger partial charge on any atom is -0.310 e. The van der Waals surface area contributed by atoms with Crippen molar-refractivity contribution in [1.82, 2.24) is 0 Å². The number of nitrogens with zero attached hydrogens (tertiary/aromatic N) is 2. The zero-order valence-electron chi connectivity index (χ0n) is 64.4. The van der Waals surface area contributed by atoms with Crippen molar-refractivity contribution in [2.75, 3.05) is 9.80 Å². The fraction of sp³-hybridized carbons (Fsp3) is 0.0714. The molecule has 0 atom stereocenters. The van der Waals surface area contributed by atoms with Crippen molar-refractivity contribution in [3.05, 3.63) is 428 Å². The Morgan fingerprint density at radius 1 is 0.228 bits per heavy atom. The van der Waals surface area contributed by atoms with Gasteiger partial charge in [0.25, 0.3) is 0 Å². The summed E-state index contributed by atoms with van der Waals surface area (Å²) >= 11 is 0. The highest BCUT2D eigenvalue weighted by atomic mass is 15.1. The van der Waals surface area contributed by atoms with Crippen LogP contribution in [0.1, 0.15) is 68.4 Å². The highest BCUT2D eigenvalue weighted by molar-refractivity contribution is 6.16. The van der Waals surface area contributed by atoms with Crippen LogP contribution in [-0.4, -0.2) is 0 Å². The van der Waals surface area contributed by atoms with Crippen LogP contribution in [0, 0.1) is 0 Å². The molecule has 0 N–H and O–H groups in total. The highest BCUT2D eigenvalue weighted by Gasteiger charge is 2.38. The largest absolute Gasteiger partial charge is 0.310 e. The van der Waals surface area contributed by atoms with Gasteiger partial charge in [-0.15, -0.1) is 0 Å². The molecule has 0 saturated carbocycles. The fourth-order valence-electron chi connectivity index (χ4n) is 19.0. The van der Waals surface area contributed by atoms with Gasteiger partial charge in [-0.25, -0.2) is 0 Å². The number of rotatable bonds is 14. The number of hydrogen-bond donors (Lipinski definition) is 0. The topological polar surface area (TPSA) is 6.48 Å². The van der Waals surface area contributed by atoms with E-state index in [1.54, 1.807) is 0 Å². The molecular formula is C112H82N2. The molecule has 0 spiro atoms. The summed E-state index contributed by atoms with van der Waals surface area (Å²) in [5.74, 6) is 0. The lowest BCUT2D eigenvalue weighted by Crippen LogP contribution is -2.16. The average molecular weight is 1460 g/mol. The van der Waals surface area contributed by atoms with Crippen LogP contribution in [0.5, 0.6) is 0 Å². The van der Waals surface area contributed by atoms with Crippen molar-refractivity contribution in [1.29, 1.82) is 0 Å². The molecule has 0 bridgehead atoms. The summed E-state index contributed by atoms with van der Waals surface area (Å²) < 4.78 is 0. The maximum atomic E-state index is 2.52. The third kappa shape index (κ3) is 11.6. The summed E-state index contributed by atoms with van der Waals surface area (Å²) in [5, 5.41) is 9.70. The van der Waals surface area contributed by atoms with Gasteiger partial charge in [0.2, 0.25) is 0 Å². The Balaban J connectivity index is 0.689. The Kier molecular flexibility index (Phi) is 16.5. The SMILES string of the molecule is CC1(C)c2ccccc2-c2ccc(N(c3ccc(-c4ccccc4)cc3)c3ccc(-c4ccc5ccc(-c6ccc7cc(N(c8ccc(-c9ccc%10ccccc%10c9C9=CC=CCC9)cc8)c8ccc9c(c8)C(C)(C)c8ccccc8-9)c8ccccc8c7c6)cc5c4-c4ccc(-c5ccc(-c6ccccc6)cc5)cc4)cc3)cc21. The van der Waals surface area contributed by atoms with Crippen LogP contribution in [0.25, 0.3) is 149 Å². The summed E-state index contributed by atoms with van der Waals surface area (Å²) in [5.41, 5.74) is 36.3. The number of hydrogen-bond acceptors (Lipinski definition) is 2. The van der Waals surface area contributed by atoms with Crippen LogP contribution in [-0.2, 0) is 10.8 Å². The van der Waals surface area contributed by atoms with Crippen molar-refractivity contribution >= 4 is 82.8 Å². The third-order valence-corrected chi connectivity index (χ3v) is 25.0. The minimum atomic E-state index is -0.191. The van der Waals surface area contributed by atoms with E-state index in [9.17, 15) is 0 Å². The maximum absolute atomic E-state index is 2.52. The zero-order chi connectivity index (χ0) is 76.2. The molecule has 0 radical (unpaired) electrons. The van der Waals surface area contributed by atoms with Gasteiger partial charge in [0, 0.05) is 44.7 Å². The smallest absolute Gasteiger partial charge is 0.0546 e. The van der Waals surface area contributed by atoms with E-state index in [0.717, 1.165) is 69.2 Å². The number of anilines is 6. The van der Waals surface area contributed by atoms with E-state index in [0.29, 0.717) is 0 Å².